The van der Waals surface area contributed by atoms with E-state index in [2.05, 4.69) is 5.32 Å². The normalized spacial score (nSPS) is 11.6. The fourth-order valence-electron chi connectivity index (χ4n) is 2.60. The molecule has 29 heavy (non-hydrogen) atoms. The van der Waals surface area contributed by atoms with E-state index < -0.39 is 12.1 Å². The second-order valence-corrected chi connectivity index (χ2v) is 6.97. The van der Waals surface area contributed by atoms with Gasteiger partial charge in [0, 0.05) is 17.2 Å². The summed E-state index contributed by atoms with van der Waals surface area (Å²) in [6.07, 6.45) is -0.156. The molecule has 2 aromatic carbocycles. The van der Waals surface area contributed by atoms with Gasteiger partial charge in [0.2, 0.25) is 11.7 Å². The summed E-state index contributed by atoms with van der Waals surface area (Å²) >= 11 is 0. The molecule has 0 spiro atoms. The molecular formula is C23H27NO5. The fraction of sp³-hybridized carbons (Fsp3) is 0.348. The zero-order chi connectivity index (χ0) is 21.4. The number of hydrogen-bond donors (Lipinski definition) is 1. The minimum absolute atomic E-state index is 0.101. The Hall–Kier alpha value is -3.15. The molecule has 6 nitrogen and oxygen atoms in total. The maximum atomic E-state index is 12.5. The Labute approximate surface area is 171 Å². The molecule has 154 valence electrons. The van der Waals surface area contributed by atoms with Crippen LogP contribution in [-0.4, -0.2) is 30.4 Å². The van der Waals surface area contributed by atoms with Crippen molar-refractivity contribution in [1.82, 2.24) is 0 Å². The number of ether oxygens (including phenoxy) is 2. The molecule has 0 aliphatic heterocycles. The number of Topliss-reactive ketones (excluding diaryl/α,β-unsaturated/α-hetero) is 1. The van der Waals surface area contributed by atoms with Gasteiger partial charge in [-0.1, -0.05) is 39.0 Å². The first kappa shape index (κ1) is 22.1. The molecule has 0 radical (unpaired) electrons. The van der Waals surface area contributed by atoms with E-state index in [-0.39, 0.29) is 24.2 Å². The van der Waals surface area contributed by atoms with Crippen molar-refractivity contribution in [2.45, 2.75) is 40.2 Å². The predicted octanol–water partition coefficient (Wildman–Crippen LogP) is 4.04. The summed E-state index contributed by atoms with van der Waals surface area (Å²) in [5, 5.41) is 2.76. The largest absolute Gasteiger partial charge is 0.482 e. The van der Waals surface area contributed by atoms with Crippen molar-refractivity contribution in [2.24, 2.45) is 5.92 Å². The smallest absolute Gasteiger partial charge is 0.344 e. The lowest BCUT2D eigenvalue weighted by molar-refractivity contribution is -0.148. The molecule has 1 N–H and O–H groups in total. The molecule has 0 bridgehead atoms. The Kier molecular flexibility index (Phi) is 7.95. The lowest BCUT2D eigenvalue weighted by Crippen LogP contribution is -2.27. The first-order valence-electron chi connectivity index (χ1n) is 9.67. The average Bonchev–Trinajstić information content (AvgIpc) is 2.72. The first-order chi connectivity index (χ1) is 13.8. The standard InChI is InChI=1S/C23H27NO5/c1-5-17-8-6-7-9-20(17)28-14-21(25)29-16(4)22(26)18-10-12-19(13-11-18)24-23(27)15(2)3/h6-13,15-16H,5,14H2,1-4H3,(H,24,27). The van der Waals surface area contributed by atoms with Crippen molar-refractivity contribution in [2.75, 3.05) is 11.9 Å². The topological polar surface area (TPSA) is 81.7 Å². The Balaban J connectivity index is 1.89. The van der Waals surface area contributed by atoms with Crippen molar-refractivity contribution in [3.8, 4) is 5.75 Å². The van der Waals surface area contributed by atoms with Gasteiger partial charge < -0.3 is 14.8 Å². The van der Waals surface area contributed by atoms with Crippen LogP contribution in [0, 0.1) is 5.92 Å². The highest BCUT2D eigenvalue weighted by molar-refractivity contribution is 6.01. The van der Waals surface area contributed by atoms with E-state index in [1.54, 1.807) is 44.2 Å². The summed E-state index contributed by atoms with van der Waals surface area (Å²) in [6, 6.07) is 13.9. The van der Waals surface area contributed by atoms with Crippen molar-refractivity contribution >= 4 is 23.3 Å². The minimum atomic E-state index is -0.941. The predicted molar refractivity (Wildman–Crippen MR) is 111 cm³/mol. The molecule has 0 aliphatic carbocycles. The number of benzene rings is 2. The summed E-state index contributed by atoms with van der Waals surface area (Å²) in [4.78, 5) is 36.3. The highest BCUT2D eigenvalue weighted by Crippen LogP contribution is 2.18. The Bertz CT molecular complexity index is 858. The van der Waals surface area contributed by atoms with Crippen molar-refractivity contribution in [3.05, 3.63) is 59.7 Å². The van der Waals surface area contributed by atoms with Gasteiger partial charge >= 0.3 is 5.97 Å². The van der Waals surface area contributed by atoms with Crippen LogP contribution >= 0.6 is 0 Å². The number of esters is 1. The zero-order valence-electron chi connectivity index (χ0n) is 17.2. The van der Waals surface area contributed by atoms with Gasteiger partial charge in [-0.2, -0.15) is 0 Å². The van der Waals surface area contributed by atoms with Crippen LogP contribution in [0.2, 0.25) is 0 Å². The third-order valence-electron chi connectivity index (χ3n) is 4.34. The van der Waals surface area contributed by atoms with Gasteiger partial charge in [0.05, 0.1) is 0 Å². The fourth-order valence-corrected chi connectivity index (χ4v) is 2.60. The van der Waals surface area contributed by atoms with E-state index >= 15 is 0 Å². The maximum absolute atomic E-state index is 12.5. The quantitative estimate of drug-likeness (QED) is 0.510. The second-order valence-electron chi connectivity index (χ2n) is 6.97. The van der Waals surface area contributed by atoms with Crippen LogP contribution in [-0.2, 0) is 20.7 Å². The van der Waals surface area contributed by atoms with E-state index in [0.29, 0.717) is 17.0 Å². The second kappa shape index (κ2) is 10.4. The molecule has 0 fully saturated rings. The van der Waals surface area contributed by atoms with Gasteiger partial charge in [0.1, 0.15) is 5.75 Å². The molecule has 0 saturated heterocycles. The van der Waals surface area contributed by atoms with Crippen LogP contribution in [0.4, 0.5) is 5.69 Å². The van der Waals surface area contributed by atoms with E-state index in [0.717, 1.165) is 12.0 Å². The number of amides is 1. The third kappa shape index (κ3) is 6.45. The highest BCUT2D eigenvalue weighted by Gasteiger charge is 2.20. The number of rotatable bonds is 9. The van der Waals surface area contributed by atoms with Crippen LogP contribution in [0.25, 0.3) is 0 Å². The lowest BCUT2D eigenvalue weighted by Gasteiger charge is -2.14. The van der Waals surface area contributed by atoms with Gasteiger partial charge in [-0.15, -0.1) is 0 Å². The number of nitrogens with one attached hydrogen (secondary N) is 1. The molecule has 6 heteroatoms. The number of para-hydroxylation sites is 1. The number of ketones is 1. The van der Waals surface area contributed by atoms with E-state index in [4.69, 9.17) is 9.47 Å². The molecule has 2 aromatic rings. The van der Waals surface area contributed by atoms with Crippen LogP contribution in [0.15, 0.2) is 48.5 Å². The molecule has 0 heterocycles. The summed E-state index contributed by atoms with van der Waals surface area (Å²) in [7, 11) is 0. The van der Waals surface area contributed by atoms with Gasteiger partial charge in [0.15, 0.2) is 12.7 Å². The number of hydrogen-bond acceptors (Lipinski definition) is 5. The maximum Gasteiger partial charge on any atom is 0.344 e. The Morgan fingerprint density at radius 2 is 1.62 bits per heavy atom. The lowest BCUT2D eigenvalue weighted by atomic mass is 10.1. The van der Waals surface area contributed by atoms with E-state index in [9.17, 15) is 14.4 Å². The molecule has 0 saturated carbocycles. The number of carbonyl (C=O) groups is 3. The van der Waals surface area contributed by atoms with Crippen LogP contribution < -0.4 is 10.1 Å². The molecule has 2 rings (SSSR count). The average molecular weight is 397 g/mol. The number of carbonyl (C=O) groups excluding carboxylic acids is 3. The molecule has 1 unspecified atom stereocenters. The Morgan fingerprint density at radius 3 is 2.24 bits per heavy atom. The highest BCUT2D eigenvalue weighted by atomic mass is 16.6. The van der Waals surface area contributed by atoms with E-state index in [1.165, 1.54) is 6.92 Å². The summed E-state index contributed by atoms with van der Waals surface area (Å²) in [5.41, 5.74) is 1.99. The van der Waals surface area contributed by atoms with E-state index in [1.807, 2.05) is 25.1 Å². The van der Waals surface area contributed by atoms with Crippen molar-refractivity contribution in [1.29, 1.82) is 0 Å². The first-order valence-corrected chi connectivity index (χ1v) is 9.67. The SMILES string of the molecule is CCc1ccccc1OCC(=O)OC(C)C(=O)c1ccc(NC(=O)C(C)C)cc1. The van der Waals surface area contributed by atoms with Gasteiger partial charge in [-0.3, -0.25) is 9.59 Å². The molecule has 1 amide bonds. The molecule has 1 atom stereocenters. The third-order valence-corrected chi connectivity index (χ3v) is 4.34. The molecule has 0 aliphatic rings. The monoisotopic (exact) mass is 397 g/mol. The van der Waals surface area contributed by atoms with Gasteiger partial charge in [-0.25, -0.2) is 4.79 Å². The number of anilines is 1. The minimum Gasteiger partial charge on any atom is -0.482 e. The summed E-state index contributed by atoms with van der Waals surface area (Å²) < 4.78 is 10.7. The Morgan fingerprint density at radius 1 is 0.966 bits per heavy atom. The summed E-state index contributed by atoms with van der Waals surface area (Å²) in [5.74, 6) is -0.546. The molecular weight excluding hydrogens is 370 g/mol. The zero-order valence-corrected chi connectivity index (χ0v) is 17.2. The van der Waals surface area contributed by atoms with Gasteiger partial charge in [-0.05, 0) is 49.2 Å². The summed E-state index contributed by atoms with van der Waals surface area (Å²) in [6.45, 7) is 6.85. The van der Waals surface area contributed by atoms with Crippen LogP contribution in [0.1, 0.15) is 43.6 Å². The van der Waals surface area contributed by atoms with Crippen molar-refractivity contribution < 1.29 is 23.9 Å². The van der Waals surface area contributed by atoms with Crippen LogP contribution in [0.3, 0.4) is 0 Å². The van der Waals surface area contributed by atoms with Crippen LogP contribution in [0.5, 0.6) is 5.75 Å². The number of aryl methyl sites for hydroxylation is 1. The van der Waals surface area contributed by atoms with Gasteiger partial charge in [0.25, 0.3) is 0 Å². The van der Waals surface area contributed by atoms with Crippen molar-refractivity contribution in [3.63, 3.8) is 0 Å². The molecule has 0 aromatic heterocycles.